The van der Waals surface area contributed by atoms with Crippen LogP contribution in [-0.4, -0.2) is 88.6 Å². The smallest absolute Gasteiger partial charge is 0.408 e. The highest BCUT2D eigenvalue weighted by Gasteiger charge is 2.43. The van der Waals surface area contributed by atoms with Crippen molar-refractivity contribution in [2.45, 2.75) is 56.8 Å². The number of amides is 3. The van der Waals surface area contributed by atoms with Crippen molar-refractivity contribution in [2.24, 2.45) is 0 Å². The van der Waals surface area contributed by atoms with Gasteiger partial charge in [-0.2, -0.15) is 0 Å². The summed E-state index contributed by atoms with van der Waals surface area (Å²) in [6.45, 7) is 0.0624. The fraction of sp³-hybridized carbons (Fsp3) is 0.400. The van der Waals surface area contributed by atoms with Crippen molar-refractivity contribution in [3.05, 3.63) is 69.7 Å². The van der Waals surface area contributed by atoms with Crippen LogP contribution in [0.15, 0.2) is 48.5 Å². The second kappa shape index (κ2) is 15.7. The number of hydrazine groups is 1. The van der Waals surface area contributed by atoms with E-state index in [4.69, 9.17) is 32.7 Å². The molecule has 2 aromatic rings. The van der Waals surface area contributed by atoms with Gasteiger partial charge in [0.25, 0.3) is 5.91 Å². The molecule has 2 aliphatic heterocycles. The standard InChI is InChI=1S/C30H32Cl2N4O9/c31-19-9-4-10-20(32)26(19)29(42)44-17-24(37)22(15-25(38)39)33-27(40)23-12-6-14-35-13-5-11-21(28(41)36(23)35)34-30(43)45-16-18-7-2-1-3-8-18/h1-4,7-10,21-23H,5-6,11-17H2,(H,33,40)(H,34,43)(H,38,39). The van der Waals surface area contributed by atoms with Gasteiger partial charge in [-0.15, -0.1) is 0 Å². The maximum atomic E-state index is 13.7. The number of carboxylic acids is 1. The van der Waals surface area contributed by atoms with Gasteiger partial charge in [0.05, 0.1) is 22.0 Å². The second-order valence-corrected chi connectivity index (χ2v) is 11.3. The van der Waals surface area contributed by atoms with Crippen molar-refractivity contribution in [3.8, 4) is 0 Å². The first-order valence-electron chi connectivity index (χ1n) is 14.3. The highest BCUT2D eigenvalue weighted by atomic mass is 35.5. The van der Waals surface area contributed by atoms with E-state index in [1.807, 2.05) is 6.07 Å². The molecular weight excluding hydrogens is 631 g/mol. The summed E-state index contributed by atoms with van der Waals surface area (Å²) >= 11 is 12.0. The van der Waals surface area contributed by atoms with E-state index in [1.165, 1.54) is 23.2 Å². The van der Waals surface area contributed by atoms with Gasteiger partial charge in [0, 0.05) is 13.1 Å². The minimum atomic E-state index is -1.57. The van der Waals surface area contributed by atoms with Crippen LogP contribution in [0.4, 0.5) is 4.79 Å². The average molecular weight is 664 g/mol. The van der Waals surface area contributed by atoms with Crippen LogP contribution >= 0.6 is 23.2 Å². The Kier molecular flexibility index (Phi) is 11.7. The number of hydrogen-bond acceptors (Lipinski definition) is 9. The van der Waals surface area contributed by atoms with Crippen LogP contribution in [0.5, 0.6) is 0 Å². The van der Waals surface area contributed by atoms with Gasteiger partial charge >= 0.3 is 18.0 Å². The van der Waals surface area contributed by atoms with Crippen LogP contribution < -0.4 is 10.6 Å². The highest BCUT2D eigenvalue weighted by molar-refractivity contribution is 6.39. The molecule has 0 radical (unpaired) electrons. The summed E-state index contributed by atoms with van der Waals surface area (Å²) in [4.78, 5) is 76.8. The number of esters is 1. The summed E-state index contributed by atoms with van der Waals surface area (Å²) in [6, 6.07) is 9.74. The maximum absolute atomic E-state index is 13.7. The van der Waals surface area contributed by atoms with E-state index in [1.54, 1.807) is 29.3 Å². The molecule has 2 aromatic carbocycles. The Labute approximate surface area is 268 Å². The number of carbonyl (C=O) groups is 6. The van der Waals surface area contributed by atoms with Crippen LogP contribution in [0.3, 0.4) is 0 Å². The van der Waals surface area contributed by atoms with Gasteiger partial charge in [0.15, 0.2) is 12.4 Å². The van der Waals surface area contributed by atoms with Crippen LogP contribution in [0.2, 0.25) is 10.0 Å². The highest BCUT2D eigenvalue weighted by Crippen LogP contribution is 2.26. The van der Waals surface area contributed by atoms with Gasteiger partial charge in [-0.25, -0.2) is 14.6 Å². The molecule has 3 amide bonds. The zero-order valence-electron chi connectivity index (χ0n) is 24.1. The molecule has 45 heavy (non-hydrogen) atoms. The molecule has 0 aromatic heterocycles. The van der Waals surface area contributed by atoms with Crippen molar-refractivity contribution >= 4 is 58.8 Å². The summed E-state index contributed by atoms with van der Waals surface area (Å²) in [5, 5.41) is 17.4. The van der Waals surface area contributed by atoms with E-state index < -0.39 is 66.8 Å². The number of carbonyl (C=O) groups excluding carboxylic acids is 5. The summed E-state index contributed by atoms with van der Waals surface area (Å²) in [7, 11) is 0. The summed E-state index contributed by atoms with van der Waals surface area (Å²) in [5.41, 5.74) is 0.605. The zero-order chi connectivity index (χ0) is 32.5. The summed E-state index contributed by atoms with van der Waals surface area (Å²) in [6.07, 6.45) is 0.0444. The lowest BCUT2D eigenvalue weighted by Gasteiger charge is -2.43. The third kappa shape index (κ3) is 8.93. The first-order valence-corrected chi connectivity index (χ1v) is 15.0. The predicted molar refractivity (Wildman–Crippen MR) is 160 cm³/mol. The molecule has 4 rings (SSSR count). The Balaban J connectivity index is 1.41. The number of carboxylic acid groups (broad SMARTS) is 1. The lowest BCUT2D eigenvalue weighted by atomic mass is 10.0. The number of benzene rings is 2. The van der Waals surface area contributed by atoms with Crippen LogP contribution in [0.1, 0.15) is 48.0 Å². The Morgan fingerprint density at radius 2 is 1.60 bits per heavy atom. The summed E-state index contributed by atoms with van der Waals surface area (Å²) in [5.74, 6) is -4.57. The Hall–Kier alpha value is -4.20. The third-order valence-electron chi connectivity index (χ3n) is 7.33. The van der Waals surface area contributed by atoms with Gasteiger partial charge in [0.1, 0.15) is 24.7 Å². The molecule has 3 N–H and O–H groups in total. The molecule has 2 saturated heterocycles. The second-order valence-electron chi connectivity index (χ2n) is 10.5. The molecule has 13 nitrogen and oxygen atoms in total. The van der Waals surface area contributed by atoms with E-state index >= 15 is 0 Å². The van der Waals surface area contributed by atoms with E-state index in [9.17, 15) is 33.9 Å². The number of ketones is 1. The van der Waals surface area contributed by atoms with E-state index in [0.29, 0.717) is 32.4 Å². The number of Topliss-reactive ketones (excluding diaryl/α,β-unsaturated/α-hetero) is 1. The van der Waals surface area contributed by atoms with Gasteiger partial charge < -0.3 is 25.2 Å². The lowest BCUT2D eigenvalue weighted by Crippen LogP contribution is -2.63. The van der Waals surface area contributed by atoms with Crippen molar-refractivity contribution in [1.82, 2.24) is 20.7 Å². The number of nitrogens with one attached hydrogen (secondary N) is 2. The predicted octanol–water partition coefficient (Wildman–Crippen LogP) is 2.98. The monoisotopic (exact) mass is 662 g/mol. The largest absolute Gasteiger partial charge is 0.481 e. The normalized spacial score (nSPS) is 19.0. The van der Waals surface area contributed by atoms with E-state index in [-0.39, 0.29) is 28.6 Å². The first-order chi connectivity index (χ1) is 21.5. The number of aliphatic carboxylic acids is 1. The zero-order valence-corrected chi connectivity index (χ0v) is 25.6. The molecule has 3 atom stereocenters. The van der Waals surface area contributed by atoms with Gasteiger partial charge in [-0.3, -0.25) is 24.2 Å². The quantitative estimate of drug-likeness (QED) is 0.304. The Morgan fingerprint density at radius 3 is 2.27 bits per heavy atom. The van der Waals surface area contributed by atoms with Gasteiger partial charge in [-0.1, -0.05) is 59.6 Å². The molecule has 2 heterocycles. The Bertz CT molecular complexity index is 1420. The number of rotatable bonds is 11. The molecule has 0 aliphatic carbocycles. The van der Waals surface area contributed by atoms with Crippen LogP contribution in [0, 0.1) is 0 Å². The lowest BCUT2D eigenvalue weighted by molar-refractivity contribution is -0.167. The third-order valence-corrected chi connectivity index (χ3v) is 7.96. The number of nitrogens with zero attached hydrogens (tertiary/aromatic N) is 2. The molecule has 0 bridgehead atoms. The molecule has 0 saturated carbocycles. The van der Waals surface area contributed by atoms with Crippen molar-refractivity contribution < 1.29 is 43.3 Å². The average Bonchev–Trinajstić information content (AvgIpc) is 3.16. The molecule has 240 valence electrons. The molecule has 2 fully saturated rings. The van der Waals surface area contributed by atoms with Gasteiger partial charge in [-0.05, 0) is 43.4 Å². The fourth-order valence-corrected chi connectivity index (χ4v) is 5.69. The molecule has 0 spiro atoms. The number of fused-ring (bicyclic) bond motifs is 1. The molecule has 3 unspecified atom stereocenters. The minimum Gasteiger partial charge on any atom is -0.481 e. The molecular formula is C30H32Cl2N4O9. The fourth-order valence-electron chi connectivity index (χ4n) is 5.14. The number of ether oxygens (including phenoxy) is 2. The minimum absolute atomic E-state index is 0.00319. The topological polar surface area (TPSA) is 172 Å². The Morgan fingerprint density at radius 1 is 0.933 bits per heavy atom. The van der Waals surface area contributed by atoms with Crippen LogP contribution in [-0.2, 0) is 35.3 Å². The first kappa shape index (κ1) is 33.7. The van der Waals surface area contributed by atoms with Crippen molar-refractivity contribution in [2.75, 3.05) is 19.7 Å². The van der Waals surface area contributed by atoms with E-state index in [0.717, 1.165) is 5.56 Å². The molecule has 15 heteroatoms. The SMILES string of the molecule is O=C(O)CC(NC(=O)C1CCCN2CCCC(NC(=O)OCc3ccccc3)C(=O)N12)C(=O)COC(=O)c1c(Cl)cccc1Cl. The van der Waals surface area contributed by atoms with Crippen molar-refractivity contribution in [1.29, 1.82) is 0 Å². The van der Waals surface area contributed by atoms with E-state index in [2.05, 4.69) is 10.6 Å². The summed E-state index contributed by atoms with van der Waals surface area (Å²) < 4.78 is 10.3. The number of halogens is 2. The number of alkyl carbamates (subject to hydrolysis) is 1. The van der Waals surface area contributed by atoms with Crippen LogP contribution in [0.25, 0.3) is 0 Å². The van der Waals surface area contributed by atoms with Crippen molar-refractivity contribution in [3.63, 3.8) is 0 Å². The number of hydrogen-bond donors (Lipinski definition) is 3. The molecule has 2 aliphatic rings. The maximum Gasteiger partial charge on any atom is 0.408 e. The van der Waals surface area contributed by atoms with Gasteiger partial charge in [0.2, 0.25) is 5.91 Å².